The number of aryl methyl sites for hydroxylation is 2. The maximum atomic E-state index is 11.0. The van der Waals surface area contributed by atoms with E-state index < -0.39 is 5.97 Å². The monoisotopic (exact) mass is 294 g/mol. The highest BCUT2D eigenvalue weighted by Gasteiger charge is 2.08. The van der Waals surface area contributed by atoms with Crippen molar-refractivity contribution in [2.75, 3.05) is 0 Å². The number of aromatic nitrogens is 2. The summed E-state index contributed by atoms with van der Waals surface area (Å²) in [6, 6.07) is 10.5. The maximum Gasteiger partial charge on any atom is 0.335 e. The van der Waals surface area contributed by atoms with Gasteiger partial charge in [0.25, 0.3) is 0 Å². The fourth-order valence-corrected chi connectivity index (χ4v) is 2.17. The molecule has 1 aromatic carbocycles. The molecular formula is C16H14N4O2. The van der Waals surface area contributed by atoms with E-state index in [0.29, 0.717) is 11.5 Å². The number of aromatic carboxylic acids is 1. The SMILES string of the molecule is Cc1ccc(C(=O)O)cc1N=Nc1c(C)nc2ccccn12. The van der Waals surface area contributed by atoms with Crippen LogP contribution in [0.5, 0.6) is 0 Å². The normalized spacial score (nSPS) is 11.4. The molecule has 0 amide bonds. The summed E-state index contributed by atoms with van der Waals surface area (Å²) in [5.41, 5.74) is 3.15. The van der Waals surface area contributed by atoms with Gasteiger partial charge in [0.1, 0.15) is 5.65 Å². The molecule has 0 fully saturated rings. The van der Waals surface area contributed by atoms with Gasteiger partial charge in [0.15, 0.2) is 5.82 Å². The first-order valence-electron chi connectivity index (χ1n) is 6.75. The van der Waals surface area contributed by atoms with Gasteiger partial charge < -0.3 is 5.11 Å². The zero-order valence-corrected chi connectivity index (χ0v) is 12.2. The van der Waals surface area contributed by atoms with Crippen molar-refractivity contribution in [2.24, 2.45) is 10.2 Å². The molecule has 0 spiro atoms. The summed E-state index contributed by atoms with van der Waals surface area (Å²) in [6.45, 7) is 3.73. The van der Waals surface area contributed by atoms with Crippen molar-refractivity contribution in [1.82, 2.24) is 9.38 Å². The van der Waals surface area contributed by atoms with E-state index in [9.17, 15) is 4.79 Å². The highest BCUT2D eigenvalue weighted by Crippen LogP contribution is 2.26. The van der Waals surface area contributed by atoms with Crippen molar-refractivity contribution in [3.8, 4) is 0 Å². The minimum Gasteiger partial charge on any atom is -0.478 e. The third-order valence-corrected chi connectivity index (χ3v) is 3.38. The largest absolute Gasteiger partial charge is 0.478 e. The molecule has 3 aromatic rings. The van der Waals surface area contributed by atoms with Crippen LogP contribution in [0.2, 0.25) is 0 Å². The van der Waals surface area contributed by atoms with Crippen LogP contribution >= 0.6 is 0 Å². The highest BCUT2D eigenvalue weighted by molar-refractivity contribution is 5.88. The summed E-state index contributed by atoms with van der Waals surface area (Å²) in [4.78, 5) is 15.4. The molecular weight excluding hydrogens is 280 g/mol. The van der Waals surface area contributed by atoms with Crippen molar-refractivity contribution in [1.29, 1.82) is 0 Å². The van der Waals surface area contributed by atoms with E-state index in [0.717, 1.165) is 16.9 Å². The lowest BCUT2D eigenvalue weighted by Gasteiger charge is -2.01. The van der Waals surface area contributed by atoms with Crippen LogP contribution < -0.4 is 0 Å². The second kappa shape index (κ2) is 5.40. The number of rotatable bonds is 3. The van der Waals surface area contributed by atoms with Gasteiger partial charge in [-0.15, -0.1) is 10.2 Å². The first kappa shape index (κ1) is 13.9. The quantitative estimate of drug-likeness (QED) is 0.739. The van der Waals surface area contributed by atoms with Gasteiger partial charge in [0.05, 0.1) is 16.9 Å². The van der Waals surface area contributed by atoms with Crippen LogP contribution in [0.4, 0.5) is 11.5 Å². The molecule has 2 heterocycles. The number of carboxylic acids is 1. The molecule has 0 aliphatic rings. The number of pyridine rings is 1. The van der Waals surface area contributed by atoms with Crippen molar-refractivity contribution >= 4 is 23.1 Å². The summed E-state index contributed by atoms with van der Waals surface area (Å²) in [7, 11) is 0. The number of azo groups is 1. The summed E-state index contributed by atoms with van der Waals surface area (Å²) < 4.78 is 1.84. The lowest BCUT2D eigenvalue weighted by atomic mass is 10.1. The number of hydrogen-bond donors (Lipinski definition) is 1. The fraction of sp³-hybridized carbons (Fsp3) is 0.125. The summed E-state index contributed by atoms with van der Waals surface area (Å²) >= 11 is 0. The van der Waals surface area contributed by atoms with Crippen LogP contribution in [0.1, 0.15) is 21.6 Å². The molecule has 6 nitrogen and oxygen atoms in total. The van der Waals surface area contributed by atoms with Crippen molar-refractivity contribution < 1.29 is 9.90 Å². The zero-order chi connectivity index (χ0) is 15.7. The van der Waals surface area contributed by atoms with E-state index in [4.69, 9.17) is 5.11 Å². The first-order valence-corrected chi connectivity index (χ1v) is 6.75. The molecule has 0 atom stereocenters. The fourth-order valence-electron chi connectivity index (χ4n) is 2.17. The zero-order valence-electron chi connectivity index (χ0n) is 12.2. The first-order chi connectivity index (χ1) is 10.6. The van der Waals surface area contributed by atoms with E-state index in [1.165, 1.54) is 6.07 Å². The Balaban J connectivity index is 2.05. The molecule has 0 bridgehead atoms. The number of fused-ring (bicyclic) bond motifs is 1. The van der Waals surface area contributed by atoms with Gasteiger partial charge in [-0.05, 0) is 43.7 Å². The Hall–Kier alpha value is -3.02. The Morgan fingerprint density at radius 1 is 1.18 bits per heavy atom. The standard InChI is InChI=1S/C16H14N4O2/c1-10-6-7-12(16(21)22)9-13(10)18-19-15-11(2)17-14-5-3-4-8-20(14)15/h3-9H,1-2H3,(H,21,22). The van der Waals surface area contributed by atoms with Gasteiger partial charge in [-0.25, -0.2) is 9.78 Å². The Bertz CT molecular complexity index is 896. The Morgan fingerprint density at radius 2 is 2.00 bits per heavy atom. The highest BCUT2D eigenvalue weighted by atomic mass is 16.4. The third-order valence-electron chi connectivity index (χ3n) is 3.38. The third kappa shape index (κ3) is 2.46. The summed E-state index contributed by atoms with van der Waals surface area (Å²) in [6.07, 6.45) is 1.87. The lowest BCUT2D eigenvalue weighted by molar-refractivity contribution is 0.0697. The van der Waals surface area contributed by atoms with Gasteiger partial charge in [-0.3, -0.25) is 4.40 Å². The van der Waals surface area contributed by atoms with E-state index >= 15 is 0 Å². The molecule has 1 N–H and O–H groups in total. The number of hydrogen-bond acceptors (Lipinski definition) is 4. The Kier molecular flexibility index (Phi) is 3.42. The van der Waals surface area contributed by atoms with Crippen molar-refractivity contribution in [2.45, 2.75) is 13.8 Å². The van der Waals surface area contributed by atoms with Gasteiger partial charge in [-0.2, -0.15) is 0 Å². The van der Waals surface area contributed by atoms with Gasteiger partial charge in [0, 0.05) is 6.20 Å². The van der Waals surface area contributed by atoms with Crippen LogP contribution in [0.3, 0.4) is 0 Å². The van der Waals surface area contributed by atoms with E-state index in [2.05, 4.69) is 15.2 Å². The van der Waals surface area contributed by atoms with Gasteiger partial charge in [-0.1, -0.05) is 12.1 Å². The lowest BCUT2D eigenvalue weighted by Crippen LogP contribution is -1.95. The second-order valence-electron chi connectivity index (χ2n) is 4.96. The molecule has 110 valence electrons. The molecule has 0 saturated heterocycles. The Labute approximate surface area is 126 Å². The molecule has 0 aliphatic heterocycles. The van der Waals surface area contributed by atoms with E-state index in [-0.39, 0.29) is 5.56 Å². The number of imidazole rings is 1. The summed E-state index contributed by atoms with van der Waals surface area (Å²) in [5.74, 6) is -0.349. The van der Waals surface area contributed by atoms with E-state index in [1.807, 2.05) is 42.6 Å². The average Bonchev–Trinajstić information content (AvgIpc) is 2.81. The van der Waals surface area contributed by atoms with Crippen LogP contribution in [0.15, 0.2) is 52.8 Å². The van der Waals surface area contributed by atoms with E-state index in [1.54, 1.807) is 12.1 Å². The molecule has 2 aromatic heterocycles. The van der Waals surface area contributed by atoms with Crippen molar-refractivity contribution in [3.63, 3.8) is 0 Å². The maximum absolute atomic E-state index is 11.0. The van der Waals surface area contributed by atoms with Gasteiger partial charge in [0.2, 0.25) is 0 Å². The molecule has 22 heavy (non-hydrogen) atoms. The number of benzene rings is 1. The molecule has 0 unspecified atom stereocenters. The minimum absolute atomic E-state index is 0.189. The number of carbonyl (C=O) groups is 1. The predicted molar refractivity (Wildman–Crippen MR) is 82.2 cm³/mol. The van der Waals surface area contributed by atoms with Crippen LogP contribution in [0.25, 0.3) is 5.65 Å². The average molecular weight is 294 g/mol. The molecule has 0 saturated carbocycles. The van der Waals surface area contributed by atoms with Crippen molar-refractivity contribution in [3.05, 3.63) is 59.4 Å². The Morgan fingerprint density at radius 3 is 2.77 bits per heavy atom. The van der Waals surface area contributed by atoms with Crippen LogP contribution in [-0.4, -0.2) is 20.5 Å². The number of nitrogens with zero attached hydrogens (tertiary/aromatic N) is 4. The second-order valence-corrected chi connectivity index (χ2v) is 4.96. The number of carboxylic acid groups (broad SMARTS) is 1. The minimum atomic E-state index is -0.984. The molecule has 0 radical (unpaired) electrons. The molecule has 0 aliphatic carbocycles. The predicted octanol–water partition coefficient (Wildman–Crippen LogP) is 4.06. The summed E-state index contributed by atoms with van der Waals surface area (Å²) in [5, 5.41) is 17.5. The molecule has 3 rings (SSSR count). The smallest absolute Gasteiger partial charge is 0.335 e. The van der Waals surface area contributed by atoms with Crippen LogP contribution in [0, 0.1) is 13.8 Å². The van der Waals surface area contributed by atoms with Crippen LogP contribution in [-0.2, 0) is 0 Å². The molecule has 6 heteroatoms. The topological polar surface area (TPSA) is 79.3 Å². The van der Waals surface area contributed by atoms with Gasteiger partial charge >= 0.3 is 5.97 Å².